The maximum Gasteiger partial charge on any atom is 0.139 e. The van der Waals surface area contributed by atoms with Crippen LogP contribution in [-0.4, -0.2) is 9.97 Å². The van der Waals surface area contributed by atoms with Gasteiger partial charge < -0.3 is 4.98 Å². The van der Waals surface area contributed by atoms with Crippen molar-refractivity contribution in [2.45, 2.75) is 7.43 Å². The van der Waals surface area contributed by atoms with Crippen LogP contribution in [-0.2, 0) is 0 Å². The molecule has 4 aromatic rings. The molecular weight excluding hydrogens is 372 g/mol. The van der Waals surface area contributed by atoms with Crippen molar-refractivity contribution in [3.8, 4) is 33.9 Å². The molecule has 0 saturated heterocycles. The summed E-state index contributed by atoms with van der Waals surface area (Å²) in [4.78, 5) is 8.41. The minimum absolute atomic E-state index is 0. The fourth-order valence-corrected chi connectivity index (χ4v) is 3.25. The van der Waals surface area contributed by atoms with Crippen molar-refractivity contribution in [2.24, 2.45) is 0 Å². The summed E-state index contributed by atoms with van der Waals surface area (Å²) in [5.41, 5.74) is 5.28. The van der Waals surface area contributed by atoms with Crippen molar-refractivity contribution in [2.75, 3.05) is 0 Å². The van der Waals surface area contributed by atoms with E-state index in [0.29, 0.717) is 0 Å². The molecule has 0 amide bonds. The van der Waals surface area contributed by atoms with Crippen LogP contribution in [0.3, 0.4) is 0 Å². The molecule has 4 rings (SSSR count). The number of aromatic nitrogens is 2. The summed E-state index contributed by atoms with van der Waals surface area (Å²) in [5, 5.41) is 0. The highest BCUT2D eigenvalue weighted by Gasteiger charge is 2.16. The number of benzene rings is 3. The van der Waals surface area contributed by atoms with Crippen molar-refractivity contribution in [1.82, 2.24) is 9.97 Å². The second-order valence-corrected chi connectivity index (χ2v) is 6.38. The molecular formula is C22H19BrN2. The largest absolute Gasteiger partial charge is 0.337 e. The molecule has 3 heteroatoms. The lowest BCUT2D eigenvalue weighted by molar-refractivity contribution is 1.30. The normalized spacial score (nSPS) is 10.3. The fraction of sp³-hybridized carbons (Fsp3) is 0.0455. The number of nitrogens with zero attached hydrogens (tertiary/aromatic N) is 1. The van der Waals surface area contributed by atoms with E-state index in [9.17, 15) is 0 Å². The van der Waals surface area contributed by atoms with Gasteiger partial charge in [-0.1, -0.05) is 102 Å². The van der Waals surface area contributed by atoms with Gasteiger partial charge in [-0.05, 0) is 6.07 Å². The first-order valence-electron chi connectivity index (χ1n) is 7.78. The highest BCUT2D eigenvalue weighted by atomic mass is 79.9. The van der Waals surface area contributed by atoms with E-state index in [-0.39, 0.29) is 7.43 Å². The minimum Gasteiger partial charge on any atom is -0.337 e. The Labute approximate surface area is 156 Å². The Balaban J connectivity index is 0.00000182. The first-order chi connectivity index (χ1) is 11.8. The Bertz CT molecular complexity index is 903. The number of hydrogen-bond donors (Lipinski definition) is 1. The Morgan fingerprint density at radius 2 is 1.24 bits per heavy atom. The number of halogens is 1. The van der Waals surface area contributed by atoms with Gasteiger partial charge in [-0.15, -0.1) is 0 Å². The molecule has 2 nitrogen and oxygen atoms in total. The van der Waals surface area contributed by atoms with E-state index in [4.69, 9.17) is 4.98 Å². The first-order valence-corrected chi connectivity index (χ1v) is 8.58. The van der Waals surface area contributed by atoms with Gasteiger partial charge in [-0.25, -0.2) is 4.98 Å². The molecule has 1 aromatic heterocycles. The summed E-state index contributed by atoms with van der Waals surface area (Å²) in [7, 11) is 0. The molecule has 25 heavy (non-hydrogen) atoms. The Hall–Kier alpha value is -2.65. The summed E-state index contributed by atoms with van der Waals surface area (Å²) >= 11 is 3.62. The molecule has 124 valence electrons. The maximum atomic E-state index is 4.90. The molecule has 0 saturated carbocycles. The lowest BCUT2D eigenvalue weighted by Crippen LogP contribution is -1.82. The Morgan fingerprint density at radius 3 is 1.88 bits per heavy atom. The Kier molecular flexibility index (Phi) is 5.15. The molecule has 0 spiro atoms. The highest BCUT2D eigenvalue weighted by molar-refractivity contribution is 9.10. The van der Waals surface area contributed by atoms with Crippen molar-refractivity contribution in [3.05, 3.63) is 89.4 Å². The number of nitrogens with one attached hydrogen (secondary N) is 1. The van der Waals surface area contributed by atoms with E-state index in [2.05, 4.69) is 51.2 Å². The molecule has 0 aliphatic rings. The lowest BCUT2D eigenvalue weighted by Gasteiger charge is -2.02. The SMILES string of the molecule is Brc1ccccc1-c1nc(-c2ccccc2)c(-c2ccccc2)[nH]1.C. The lowest BCUT2D eigenvalue weighted by atomic mass is 10.1. The molecule has 0 aliphatic carbocycles. The van der Waals surface area contributed by atoms with E-state index in [1.807, 2.05) is 54.6 Å². The predicted molar refractivity (Wildman–Crippen MR) is 109 cm³/mol. The van der Waals surface area contributed by atoms with Gasteiger partial charge in [0.25, 0.3) is 0 Å². The van der Waals surface area contributed by atoms with Crippen LogP contribution in [0, 0.1) is 0 Å². The van der Waals surface area contributed by atoms with Gasteiger partial charge in [0, 0.05) is 21.2 Å². The van der Waals surface area contributed by atoms with Crippen LogP contribution in [0.2, 0.25) is 0 Å². The molecule has 0 aliphatic heterocycles. The van der Waals surface area contributed by atoms with Crippen LogP contribution in [0.5, 0.6) is 0 Å². The topological polar surface area (TPSA) is 28.7 Å². The van der Waals surface area contributed by atoms with Crippen LogP contribution >= 0.6 is 15.9 Å². The molecule has 0 radical (unpaired) electrons. The van der Waals surface area contributed by atoms with Crippen molar-refractivity contribution in [3.63, 3.8) is 0 Å². The number of rotatable bonds is 3. The third-order valence-corrected chi connectivity index (χ3v) is 4.63. The van der Waals surface area contributed by atoms with Gasteiger partial charge >= 0.3 is 0 Å². The van der Waals surface area contributed by atoms with E-state index in [0.717, 1.165) is 38.4 Å². The third-order valence-electron chi connectivity index (χ3n) is 3.94. The second-order valence-electron chi connectivity index (χ2n) is 5.52. The minimum atomic E-state index is 0. The molecule has 1 N–H and O–H groups in total. The summed E-state index contributed by atoms with van der Waals surface area (Å²) in [6.45, 7) is 0. The zero-order chi connectivity index (χ0) is 16.4. The number of hydrogen-bond acceptors (Lipinski definition) is 1. The van der Waals surface area contributed by atoms with Gasteiger partial charge in [-0.3, -0.25) is 0 Å². The molecule has 3 aromatic carbocycles. The quantitative estimate of drug-likeness (QED) is 0.408. The average molecular weight is 391 g/mol. The van der Waals surface area contributed by atoms with Gasteiger partial charge in [0.2, 0.25) is 0 Å². The first kappa shape index (κ1) is 17.2. The van der Waals surface area contributed by atoms with E-state index in [1.165, 1.54) is 0 Å². The second kappa shape index (κ2) is 7.49. The molecule has 0 fully saturated rings. The van der Waals surface area contributed by atoms with E-state index in [1.54, 1.807) is 0 Å². The number of imidazole rings is 1. The number of H-pyrrole nitrogens is 1. The van der Waals surface area contributed by atoms with Crippen molar-refractivity contribution in [1.29, 1.82) is 0 Å². The van der Waals surface area contributed by atoms with Gasteiger partial charge in [0.05, 0.1) is 11.4 Å². The average Bonchev–Trinajstić information content (AvgIpc) is 3.09. The Morgan fingerprint density at radius 1 is 0.680 bits per heavy atom. The monoisotopic (exact) mass is 390 g/mol. The van der Waals surface area contributed by atoms with Crippen molar-refractivity contribution >= 4 is 15.9 Å². The van der Waals surface area contributed by atoms with E-state index >= 15 is 0 Å². The van der Waals surface area contributed by atoms with Crippen LogP contribution in [0.1, 0.15) is 7.43 Å². The van der Waals surface area contributed by atoms with Gasteiger partial charge in [0.1, 0.15) is 5.82 Å². The van der Waals surface area contributed by atoms with Gasteiger partial charge in [-0.2, -0.15) is 0 Å². The summed E-state index contributed by atoms with van der Waals surface area (Å²) in [5.74, 6) is 0.861. The highest BCUT2D eigenvalue weighted by Crippen LogP contribution is 2.34. The predicted octanol–water partition coefficient (Wildman–Crippen LogP) is 6.81. The fourth-order valence-electron chi connectivity index (χ4n) is 2.77. The molecule has 0 unspecified atom stereocenters. The van der Waals surface area contributed by atoms with Crippen LogP contribution in [0.25, 0.3) is 33.9 Å². The summed E-state index contributed by atoms with van der Waals surface area (Å²) < 4.78 is 1.03. The summed E-state index contributed by atoms with van der Waals surface area (Å²) in [6, 6.07) is 28.7. The zero-order valence-corrected chi connectivity index (χ0v) is 14.5. The molecule has 0 atom stereocenters. The summed E-state index contributed by atoms with van der Waals surface area (Å²) in [6.07, 6.45) is 0. The maximum absolute atomic E-state index is 4.90. The van der Waals surface area contributed by atoms with Gasteiger partial charge in [0.15, 0.2) is 0 Å². The van der Waals surface area contributed by atoms with Crippen molar-refractivity contribution < 1.29 is 0 Å². The smallest absolute Gasteiger partial charge is 0.139 e. The van der Waals surface area contributed by atoms with Crippen LogP contribution in [0.4, 0.5) is 0 Å². The standard InChI is InChI=1S/C21H15BrN2.CH4/c22-18-14-8-7-13-17(18)21-23-19(15-9-3-1-4-10-15)20(24-21)16-11-5-2-6-12-16;/h1-14H,(H,23,24);1H4. The zero-order valence-electron chi connectivity index (χ0n) is 12.9. The number of aromatic amines is 1. The van der Waals surface area contributed by atoms with E-state index < -0.39 is 0 Å². The molecule has 0 bridgehead atoms. The van der Waals surface area contributed by atoms with Crippen LogP contribution in [0.15, 0.2) is 89.4 Å². The third kappa shape index (κ3) is 3.42. The van der Waals surface area contributed by atoms with Crippen LogP contribution < -0.4 is 0 Å². The molecule has 1 heterocycles.